The van der Waals surface area contributed by atoms with Crippen molar-refractivity contribution in [3.8, 4) is 0 Å². The SMILES string of the molecule is NCc1cc(F)cc(N2CCC(OCCO)CC2)c1. The van der Waals surface area contributed by atoms with Crippen LogP contribution in [0.4, 0.5) is 10.1 Å². The number of anilines is 1. The van der Waals surface area contributed by atoms with Crippen LogP contribution in [0.25, 0.3) is 0 Å². The van der Waals surface area contributed by atoms with Crippen LogP contribution in [0.3, 0.4) is 0 Å². The summed E-state index contributed by atoms with van der Waals surface area (Å²) in [6, 6.07) is 4.96. The van der Waals surface area contributed by atoms with E-state index in [1.165, 1.54) is 6.07 Å². The topological polar surface area (TPSA) is 58.7 Å². The van der Waals surface area contributed by atoms with Crippen molar-refractivity contribution < 1.29 is 14.2 Å². The number of nitrogens with two attached hydrogens (primary N) is 1. The Hall–Kier alpha value is -1.17. The van der Waals surface area contributed by atoms with Gasteiger partial charge < -0.3 is 20.5 Å². The summed E-state index contributed by atoms with van der Waals surface area (Å²) in [4.78, 5) is 2.15. The van der Waals surface area contributed by atoms with E-state index in [-0.39, 0.29) is 18.5 Å². The number of ether oxygens (including phenoxy) is 1. The zero-order chi connectivity index (χ0) is 13.7. The lowest BCUT2D eigenvalue weighted by Gasteiger charge is -2.33. The third kappa shape index (κ3) is 3.89. The van der Waals surface area contributed by atoms with E-state index in [1.54, 1.807) is 6.07 Å². The van der Waals surface area contributed by atoms with E-state index in [2.05, 4.69) is 4.90 Å². The number of rotatable bonds is 5. The molecule has 1 heterocycles. The van der Waals surface area contributed by atoms with Crippen LogP contribution in [0.1, 0.15) is 18.4 Å². The van der Waals surface area contributed by atoms with Gasteiger partial charge in [-0.1, -0.05) is 0 Å². The smallest absolute Gasteiger partial charge is 0.125 e. The number of aliphatic hydroxyl groups is 1. The molecule has 1 fully saturated rings. The van der Waals surface area contributed by atoms with Gasteiger partial charge in [-0.2, -0.15) is 0 Å². The lowest BCUT2D eigenvalue weighted by atomic mass is 10.1. The molecule has 106 valence electrons. The molecule has 0 radical (unpaired) electrons. The maximum Gasteiger partial charge on any atom is 0.125 e. The molecule has 0 unspecified atom stereocenters. The standard InChI is InChI=1S/C14H21FN2O2/c15-12-7-11(10-16)8-13(9-12)17-3-1-14(2-4-17)19-6-5-18/h7-9,14,18H,1-6,10,16H2. The van der Waals surface area contributed by atoms with E-state index >= 15 is 0 Å². The van der Waals surface area contributed by atoms with E-state index in [9.17, 15) is 4.39 Å². The molecule has 19 heavy (non-hydrogen) atoms. The third-order valence-electron chi connectivity index (χ3n) is 3.43. The van der Waals surface area contributed by atoms with Crippen molar-refractivity contribution in [1.29, 1.82) is 0 Å². The Morgan fingerprint density at radius 2 is 2.05 bits per heavy atom. The fraction of sp³-hybridized carbons (Fsp3) is 0.571. The number of benzene rings is 1. The highest BCUT2D eigenvalue weighted by molar-refractivity contribution is 5.49. The molecule has 0 aromatic heterocycles. The predicted octanol–water partition coefficient (Wildman–Crippen LogP) is 1.26. The van der Waals surface area contributed by atoms with E-state index in [0.717, 1.165) is 37.2 Å². The number of halogens is 1. The highest BCUT2D eigenvalue weighted by Crippen LogP contribution is 2.23. The van der Waals surface area contributed by atoms with Crippen molar-refractivity contribution in [3.63, 3.8) is 0 Å². The first kappa shape index (κ1) is 14.2. The lowest BCUT2D eigenvalue weighted by Crippen LogP contribution is -2.37. The molecule has 0 spiro atoms. The van der Waals surface area contributed by atoms with Gasteiger partial charge in [-0.25, -0.2) is 4.39 Å². The molecular formula is C14H21FN2O2. The quantitative estimate of drug-likeness (QED) is 0.844. The van der Waals surface area contributed by atoms with Crippen LogP contribution < -0.4 is 10.6 Å². The lowest BCUT2D eigenvalue weighted by molar-refractivity contribution is 0.0159. The van der Waals surface area contributed by atoms with Gasteiger partial charge in [-0.15, -0.1) is 0 Å². The van der Waals surface area contributed by atoms with Gasteiger partial charge in [0.15, 0.2) is 0 Å². The fourth-order valence-corrected chi connectivity index (χ4v) is 2.43. The number of hydrogen-bond donors (Lipinski definition) is 2. The number of nitrogens with zero attached hydrogens (tertiary/aromatic N) is 1. The third-order valence-corrected chi connectivity index (χ3v) is 3.43. The Morgan fingerprint density at radius 1 is 1.32 bits per heavy atom. The van der Waals surface area contributed by atoms with Gasteiger partial charge >= 0.3 is 0 Å². The zero-order valence-electron chi connectivity index (χ0n) is 11.0. The molecule has 0 atom stereocenters. The molecule has 5 heteroatoms. The largest absolute Gasteiger partial charge is 0.394 e. The van der Waals surface area contributed by atoms with Crippen molar-refractivity contribution in [3.05, 3.63) is 29.6 Å². The molecule has 3 N–H and O–H groups in total. The molecule has 0 aliphatic carbocycles. The summed E-state index contributed by atoms with van der Waals surface area (Å²) in [6.45, 7) is 2.47. The summed E-state index contributed by atoms with van der Waals surface area (Å²) >= 11 is 0. The Morgan fingerprint density at radius 3 is 2.68 bits per heavy atom. The minimum Gasteiger partial charge on any atom is -0.394 e. The molecule has 1 aromatic rings. The van der Waals surface area contributed by atoms with E-state index in [0.29, 0.717) is 13.2 Å². The van der Waals surface area contributed by atoms with Gasteiger partial charge in [0.2, 0.25) is 0 Å². The van der Waals surface area contributed by atoms with E-state index in [1.807, 2.05) is 6.07 Å². The first-order valence-corrected chi connectivity index (χ1v) is 6.70. The van der Waals surface area contributed by atoms with E-state index in [4.69, 9.17) is 15.6 Å². The summed E-state index contributed by atoms with van der Waals surface area (Å²) in [5.74, 6) is -0.239. The van der Waals surface area contributed by atoms with Crippen molar-refractivity contribution >= 4 is 5.69 Å². The van der Waals surface area contributed by atoms with Gasteiger partial charge in [0.1, 0.15) is 5.82 Å². The molecule has 0 bridgehead atoms. The van der Waals surface area contributed by atoms with Crippen LogP contribution in [0.5, 0.6) is 0 Å². The van der Waals surface area contributed by atoms with Crippen LogP contribution in [0.15, 0.2) is 18.2 Å². The second-order valence-corrected chi connectivity index (χ2v) is 4.80. The molecular weight excluding hydrogens is 247 g/mol. The fourth-order valence-electron chi connectivity index (χ4n) is 2.43. The molecule has 2 rings (SSSR count). The highest BCUT2D eigenvalue weighted by atomic mass is 19.1. The highest BCUT2D eigenvalue weighted by Gasteiger charge is 2.20. The molecule has 1 aromatic carbocycles. The maximum atomic E-state index is 13.5. The summed E-state index contributed by atoms with van der Waals surface area (Å²) in [7, 11) is 0. The molecule has 1 saturated heterocycles. The van der Waals surface area contributed by atoms with E-state index < -0.39 is 0 Å². The molecule has 0 saturated carbocycles. The van der Waals surface area contributed by atoms with Crippen LogP contribution >= 0.6 is 0 Å². The Bertz CT molecular complexity index is 406. The van der Waals surface area contributed by atoms with Gasteiger partial charge in [0.25, 0.3) is 0 Å². The van der Waals surface area contributed by atoms with Crippen LogP contribution in [-0.4, -0.2) is 37.5 Å². The average molecular weight is 268 g/mol. The normalized spacial score (nSPS) is 16.9. The van der Waals surface area contributed by atoms with Crippen molar-refractivity contribution in [2.75, 3.05) is 31.2 Å². The monoisotopic (exact) mass is 268 g/mol. The van der Waals surface area contributed by atoms with Crippen LogP contribution in [0.2, 0.25) is 0 Å². The minimum atomic E-state index is -0.239. The molecule has 0 amide bonds. The Kier molecular flexibility index (Phi) is 5.13. The van der Waals surface area contributed by atoms with Gasteiger partial charge in [0, 0.05) is 25.3 Å². The number of aliphatic hydroxyl groups excluding tert-OH is 1. The average Bonchev–Trinajstić information content (AvgIpc) is 2.45. The van der Waals surface area contributed by atoms with Gasteiger partial charge in [-0.3, -0.25) is 0 Å². The first-order chi connectivity index (χ1) is 9.22. The number of piperidine rings is 1. The second-order valence-electron chi connectivity index (χ2n) is 4.80. The molecule has 1 aliphatic rings. The van der Waals surface area contributed by atoms with Crippen molar-refractivity contribution in [1.82, 2.24) is 0 Å². The Balaban J connectivity index is 1.95. The predicted molar refractivity (Wildman–Crippen MR) is 72.6 cm³/mol. The zero-order valence-corrected chi connectivity index (χ0v) is 11.0. The van der Waals surface area contributed by atoms with Crippen LogP contribution in [-0.2, 0) is 11.3 Å². The van der Waals surface area contributed by atoms with Gasteiger partial charge in [0.05, 0.1) is 19.3 Å². The second kappa shape index (κ2) is 6.84. The minimum absolute atomic E-state index is 0.0595. The van der Waals surface area contributed by atoms with Crippen LogP contribution in [0, 0.1) is 5.82 Å². The number of hydrogen-bond acceptors (Lipinski definition) is 4. The summed E-state index contributed by atoms with van der Waals surface area (Å²) in [5.41, 5.74) is 7.27. The Labute approximate surface area is 113 Å². The summed E-state index contributed by atoms with van der Waals surface area (Å²) in [6.07, 6.45) is 1.99. The summed E-state index contributed by atoms with van der Waals surface area (Å²) in [5, 5.41) is 8.73. The van der Waals surface area contributed by atoms with Crippen molar-refractivity contribution in [2.24, 2.45) is 5.73 Å². The maximum absolute atomic E-state index is 13.5. The summed E-state index contributed by atoms with van der Waals surface area (Å²) < 4.78 is 19.0. The molecule has 1 aliphatic heterocycles. The van der Waals surface area contributed by atoms with Gasteiger partial charge in [-0.05, 0) is 36.6 Å². The van der Waals surface area contributed by atoms with Crippen molar-refractivity contribution in [2.45, 2.75) is 25.5 Å². The molecule has 4 nitrogen and oxygen atoms in total. The first-order valence-electron chi connectivity index (χ1n) is 6.70.